The van der Waals surface area contributed by atoms with Crippen molar-refractivity contribution >= 4 is 26.7 Å². The van der Waals surface area contributed by atoms with Gasteiger partial charge in [0.2, 0.25) is 0 Å². The SMILES string of the molecule is Fc1ccc(C(c2nnnn2C2CCCCC2)N2CCN(c3nc4ccccc4s3)CC2)cc1. The lowest BCUT2D eigenvalue weighted by Gasteiger charge is -2.39. The Labute approximate surface area is 202 Å². The average molecular weight is 478 g/mol. The molecule has 2 aromatic carbocycles. The van der Waals surface area contributed by atoms with E-state index in [1.54, 1.807) is 11.3 Å². The van der Waals surface area contributed by atoms with E-state index in [2.05, 4.69) is 43.5 Å². The van der Waals surface area contributed by atoms with Crippen molar-refractivity contribution in [3.63, 3.8) is 0 Å². The lowest BCUT2D eigenvalue weighted by Crippen LogP contribution is -2.48. The summed E-state index contributed by atoms with van der Waals surface area (Å²) in [7, 11) is 0. The normalized spacial score (nSPS) is 19.0. The van der Waals surface area contributed by atoms with Gasteiger partial charge in [-0.3, -0.25) is 4.90 Å². The minimum atomic E-state index is -0.227. The fourth-order valence-corrected chi connectivity index (χ4v) is 6.32. The highest BCUT2D eigenvalue weighted by molar-refractivity contribution is 7.22. The van der Waals surface area contributed by atoms with Crippen molar-refractivity contribution in [2.24, 2.45) is 0 Å². The molecule has 6 rings (SSSR count). The smallest absolute Gasteiger partial charge is 0.186 e. The molecule has 0 radical (unpaired) electrons. The predicted octanol–water partition coefficient (Wildman–Crippen LogP) is 4.84. The summed E-state index contributed by atoms with van der Waals surface area (Å²) in [5.74, 6) is 0.641. The summed E-state index contributed by atoms with van der Waals surface area (Å²) in [5, 5.41) is 14.1. The summed E-state index contributed by atoms with van der Waals surface area (Å²) in [6.45, 7) is 3.47. The van der Waals surface area contributed by atoms with Gasteiger partial charge in [-0.05, 0) is 53.1 Å². The van der Waals surface area contributed by atoms with Gasteiger partial charge in [0.15, 0.2) is 11.0 Å². The number of halogens is 1. The monoisotopic (exact) mass is 477 g/mol. The predicted molar refractivity (Wildman–Crippen MR) is 132 cm³/mol. The average Bonchev–Trinajstić information content (AvgIpc) is 3.54. The van der Waals surface area contributed by atoms with Gasteiger partial charge < -0.3 is 4.90 Å². The number of hydrogen-bond acceptors (Lipinski definition) is 7. The first-order chi connectivity index (χ1) is 16.8. The maximum absolute atomic E-state index is 13.8. The van der Waals surface area contributed by atoms with Crippen molar-refractivity contribution in [3.8, 4) is 0 Å². The zero-order valence-corrected chi connectivity index (χ0v) is 19.9. The number of rotatable bonds is 5. The van der Waals surface area contributed by atoms with E-state index < -0.39 is 0 Å². The minimum absolute atomic E-state index is 0.102. The minimum Gasteiger partial charge on any atom is -0.345 e. The maximum Gasteiger partial charge on any atom is 0.186 e. The van der Waals surface area contributed by atoms with Gasteiger partial charge in [0.05, 0.1) is 22.3 Å². The number of anilines is 1. The van der Waals surface area contributed by atoms with Crippen LogP contribution in [0, 0.1) is 5.82 Å². The van der Waals surface area contributed by atoms with Crippen molar-refractivity contribution in [1.82, 2.24) is 30.1 Å². The van der Waals surface area contributed by atoms with Gasteiger partial charge in [-0.15, -0.1) is 5.10 Å². The standard InChI is InChI=1S/C25H28FN7S/c26-19-12-10-18(11-13-19)23(24-28-29-30-33(24)20-6-2-1-3-7-20)31-14-16-32(17-15-31)25-27-21-8-4-5-9-22(21)34-25/h4-5,8-13,20,23H,1-3,6-7,14-17H2. The van der Waals surface area contributed by atoms with Gasteiger partial charge >= 0.3 is 0 Å². The Morgan fingerprint density at radius 2 is 1.68 bits per heavy atom. The number of para-hydroxylation sites is 1. The fourth-order valence-electron chi connectivity index (χ4n) is 5.30. The number of piperazine rings is 1. The molecule has 0 bridgehead atoms. The summed E-state index contributed by atoms with van der Waals surface area (Å²) in [5.41, 5.74) is 2.09. The van der Waals surface area contributed by atoms with Crippen LogP contribution in [-0.4, -0.2) is 56.3 Å². The third kappa shape index (κ3) is 4.18. The second-order valence-corrected chi connectivity index (χ2v) is 10.2. The van der Waals surface area contributed by atoms with E-state index in [0.29, 0.717) is 6.04 Å². The van der Waals surface area contributed by atoms with E-state index >= 15 is 0 Å². The number of thiazole rings is 1. The van der Waals surface area contributed by atoms with E-state index in [1.807, 2.05) is 22.9 Å². The van der Waals surface area contributed by atoms with Crippen LogP contribution in [0.25, 0.3) is 10.2 Å². The molecule has 0 spiro atoms. The van der Waals surface area contributed by atoms with E-state index in [9.17, 15) is 4.39 Å². The lowest BCUT2D eigenvalue weighted by molar-refractivity contribution is 0.193. The Balaban J connectivity index is 1.27. The van der Waals surface area contributed by atoms with Gasteiger partial charge in [-0.2, -0.15) is 0 Å². The fraction of sp³-hybridized carbons (Fsp3) is 0.440. The highest BCUT2D eigenvalue weighted by Gasteiger charge is 2.33. The molecule has 4 aromatic rings. The van der Waals surface area contributed by atoms with Crippen molar-refractivity contribution in [3.05, 3.63) is 65.7 Å². The Kier molecular flexibility index (Phi) is 5.97. The van der Waals surface area contributed by atoms with E-state index in [0.717, 1.165) is 61.1 Å². The van der Waals surface area contributed by atoms with Crippen LogP contribution in [0.15, 0.2) is 48.5 Å². The molecular weight excluding hydrogens is 449 g/mol. The van der Waals surface area contributed by atoms with Gasteiger partial charge in [0.1, 0.15) is 5.82 Å². The van der Waals surface area contributed by atoms with Crippen molar-refractivity contribution in [2.75, 3.05) is 31.1 Å². The molecule has 0 N–H and O–H groups in total. The zero-order valence-electron chi connectivity index (χ0n) is 19.1. The molecule has 34 heavy (non-hydrogen) atoms. The van der Waals surface area contributed by atoms with Gasteiger partial charge in [0, 0.05) is 26.2 Å². The highest BCUT2D eigenvalue weighted by atomic mass is 32.1. The molecule has 1 unspecified atom stereocenters. The molecule has 1 saturated heterocycles. The summed E-state index contributed by atoms with van der Waals surface area (Å²) >= 11 is 1.75. The Morgan fingerprint density at radius 3 is 2.44 bits per heavy atom. The number of benzene rings is 2. The van der Waals surface area contributed by atoms with Crippen LogP contribution in [0.4, 0.5) is 9.52 Å². The van der Waals surface area contributed by atoms with E-state index in [1.165, 1.54) is 36.1 Å². The van der Waals surface area contributed by atoms with Crippen LogP contribution in [0.5, 0.6) is 0 Å². The first-order valence-corrected chi connectivity index (χ1v) is 13.0. The summed E-state index contributed by atoms with van der Waals surface area (Å²) in [6, 6.07) is 15.4. The zero-order chi connectivity index (χ0) is 22.9. The summed E-state index contributed by atoms with van der Waals surface area (Å²) < 4.78 is 17.0. The van der Waals surface area contributed by atoms with Crippen molar-refractivity contribution in [1.29, 1.82) is 0 Å². The topological polar surface area (TPSA) is 63.0 Å². The number of tetrazole rings is 1. The molecule has 7 nitrogen and oxygen atoms in total. The second-order valence-electron chi connectivity index (χ2n) is 9.21. The van der Waals surface area contributed by atoms with Gasteiger partial charge in [-0.1, -0.05) is 54.9 Å². The lowest BCUT2D eigenvalue weighted by atomic mass is 9.95. The van der Waals surface area contributed by atoms with Crippen LogP contribution in [0.2, 0.25) is 0 Å². The molecule has 2 aromatic heterocycles. The molecule has 176 valence electrons. The highest BCUT2D eigenvalue weighted by Crippen LogP contribution is 2.35. The molecule has 2 aliphatic rings. The number of aromatic nitrogens is 5. The second kappa shape index (κ2) is 9.38. The molecule has 1 aliphatic heterocycles. The molecule has 3 heterocycles. The number of fused-ring (bicyclic) bond motifs is 1. The Bertz CT molecular complexity index is 1210. The third-order valence-corrected chi connectivity index (χ3v) is 8.20. The molecule has 1 saturated carbocycles. The van der Waals surface area contributed by atoms with Crippen LogP contribution >= 0.6 is 11.3 Å². The summed E-state index contributed by atoms with van der Waals surface area (Å²) in [6.07, 6.45) is 5.93. The van der Waals surface area contributed by atoms with Crippen LogP contribution in [0.3, 0.4) is 0 Å². The Morgan fingerprint density at radius 1 is 0.912 bits per heavy atom. The first-order valence-electron chi connectivity index (χ1n) is 12.1. The molecule has 9 heteroatoms. The molecular formula is C25H28FN7S. The maximum atomic E-state index is 13.8. The van der Waals surface area contributed by atoms with Crippen LogP contribution in [-0.2, 0) is 0 Å². The van der Waals surface area contributed by atoms with Gasteiger partial charge in [0.25, 0.3) is 0 Å². The van der Waals surface area contributed by atoms with Gasteiger partial charge in [-0.25, -0.2) is 14.1 Å². The van der Waals surface area contributed by atoms with Crippen LogP contribution in [0.1, 0.15) is 55.6 Å². The molecule has 0 amide bonds. The third-order valence-electron chi connectivity index (χ3n) is 7.10. The first kappa shape index (κ1) is 21.6. The Hall–Kier alpha value is -2.91. The number of nitrogens with zero attached hydrogens (tertiary/aromatic N) is 7. The largest absolute Gasteiger partial charge is 0.345 e. The molecule has 1 atom stereocenters. The van der Waals surface area contributed by atoms with Crippen molar-refractivity contribution < 1.29 is 4.39 Å². The van der Waals surface area contributed by atoms with E-state index in [4.69, 9.17) is 4.98 Å². The van der Waals surface area contributed by atoms with E-state index in [-0.39, 0.29) is 11.9 Å². The van der Waals surface area contributed by atoms with Crippen LogP contribution < -0.4 is 4.90 Å². The molecule has 2 fully saturated rings. The molecule has 1 aliphatic carbocycles. The summed E-state index contributed by atoms with van der Waals surface area (Å²) in [4.78, 5) is 9.65. The number of hydrogen-bond donors (Lipinski definition) is 0. The quantitative estimate of drug-likeness (QED) is 0.410. The van der Waals surface area contributed by atoms with Crippen molar-refractivity contribution in [2.45, 2.75) is 44.2 Å².